The normalized spacial score (nSPS) is 10.2. The van der Waals surface area contributed by atoms with E-state index in [0.717, 1.165) is 17.0 Å². The smallest absolute Gasteiger partial charge is 0.223 e. The first kappa shape index (κ1) is 12.4. The average molecular weight is 265 g/mol. The number of aromatic nitrogens is 2. The van der Waals surface area contributed by atoms with Gasteiger partial charge in [-0.3, -0.25) is 0 Å². The molecule has 0 aliphatic heterocycles. The largest absolute Gasteiger partial charge is 0.496 e. The zero-order chi connectivity index (χ0) is 13.1. The molecule has 1 aromatic heterocycles. The number of methoxy groups -OCH3 is 1. The van der Waals surface area contributed by atoms with Crippen LogP contribution >= 0.6 is 11.6 Å². The van der Waals surface area contributed by atoms with Gasteiger partial charge in [-0.2, -0.15) is 4.98 Å². The van der Waals surface area contributed by atoms with Crippen LogP contribution in [0.25, 0.3) is 0 Å². The molecule has 18 heavy (non-hydrogen) atoms. The van der Waals surface area contributed by atoms with Gasteiger partial charge >= 0.3 is 0 Å². The van der Waals surface area contributed by atoms with Crippen molar-refractivity contribution in [3.8, 4) is 5.75 Å². The van der Waals surface area contributed by atoms with Crippen LogP contribution in [-0.4, -0.2) is 17.1 Å². The number of hydrogen-bond donors (Lipinski definition) is 2. The van der Waals surface area contributed by atoms with E-state index in [0.29, 0.717) is 11.0 Å². The van der Waals surface area contributed by atoms with Crippen molar-refractivity contribution in [1.82, 2.24) is 9.97 Å². The van der Waals surface area contributed by atoms with Crippen LogP contribution in [-0.2, 0) is 0 Å². The summed E-state index contributed by atoms with van der Waals surface area (Å²) in [6.45, 7) is 1.96. The van der Waals surface area contributed by atoms with Crippen molar-refractivity contribution < 1.29 is 4.74 Å². The number of nitrogens with zero attached hydrogens (tertiary/aromatic N) is 2. The van der Waals surface area contributed by atoms with E-state index in [1.807, 2.05) is 25.1 Å². The van der Waals surface area contributed by atoms with Crippen molar-refractivity contribution in [3.05, 3.63) is 35.0 Å². The van der Waals surface area contributed by atoms with Crippen molar-refractivity contribution >= 4 is 29.1 Å². The fourth-order valence-corrected chi connectivity index (χ4v) is 1.79. The first-order valence-corrected chi connectivity index (χ1v) is 5.68. The average Bonchev–Trinajstić information content (AvgIpc) is 2.27. The maximum atomic E-state index is 5.80. The number of nitrogens with two attached hydrogens (primary N) is 1. The minimum Gasteiger partial charge on any atom is -0.496 e. The molecule has 2 rings (SSSR count). The summed E-state index contributed by atoms with van der Waals surface area (Å²) in [5, 5.41) is 3.41. The van der Waals surface area contributed by atoms with Crippen molar-refractivity contribution in [2.75, 3.05) is 18.2 Å². The Morgan fingerprint density at radius 3 is 2.67 bits per heavy atom. The predicted molar refractivity (Wildman–Crippen MR) is 72.5 cm³/mol. The van der Waals surface area contributed by atoms with E-state index in [4.69, 9.17) is 22.1 Å². The van der Waals surface area contributed by atoms with Gasteiger partial charge in [0.15, 0.2) is 0 Å². The van der Waals surface area contributed by atoms with Gasteiger partial charge in [-0.05, 0) is 30.7 Å². The van der Waals surface area contributed by atoms with Gasteiger partial charge in [-0.15, -0.1) is 0 Å². The lowest BCUT2D eigenvalue weighted by Crippen LogP contribution is -2.00. The zero-order valence-electron chi connectivity index (χ0n) is 10.1. The first-order chi connectivity index (χ1) is 8.58. The summed E-state index contributed by atoms with van der Waals surface area (Å²) in [6.07, 6.45) is 0. The SMILES string of the molecule is COc1ccc(Nc2cc(Cl)nc(N)n2)cc1C. The van der Waals surface area contributed by atoms with Crippen molar-refractivity contribution in [1.29, 1.82) is 0 Å². The number of benzene rings is 1. The predicted octanol–water partition coefficient (Wildman–Crippen LogP) is 2.77. The number of rotatable bonds is 3. The van der Waals surface area contributed by atoms with E-state index in [2.05, 4.69) is 15.3 Å². The second-order valence-electron chi connectivity index (χ2n) is 3.74. The Balaban J connectivity index is 2.25. The molecule has 0 fully saturated rings. The van der Waals surface area contributed by atoms with Gasteiger partial charge in [0.05, 0.1) is 7.11 Å². The number of halogens is 1. The molecule has 6 heteroatoms. The molecule has 1 aromatic carbocycles. The van der Waals surface area contributed by atoms with Gasteiger partial charge in [0, 0.05) is 11.8 Å². The Hall–Kier alpha value is -2.01. The summed E-state index contributed by atoms with van der Waals surface area (Å²) >= 11 is 5.80. The summed E-state index contributed by atoms with van der Waals surface area (Å²) in [4.78, 5) is 7.83. The van der Waals surface area contributed by atoms with Crippen molar-refractivity contribution in [3.63, 3.8) is 0 Å². The Labute approximate surface area is 110 Å². The van der Waals surface area contributed by atoms with Gasteiger partial charge < -0.3 is 15.8 Å². The van der Waals surface area contributed by atoms with E-state index < -0.39 is 0 Å². The quantitative estimate of drug-likeness (QED) is 0.834. The molecule has 2 aromatic rings. The molecule has 5 nitrogen and oxygen atoms in total. The fourth-order valence-electron chi connectivity index (χ4n) is 1.60. The summed E-state index contributed by atoms with van der Waals surface area (Å²) in [5.74, 6) is 1.52. The third-order valence-corrected chi connectivity index (χ3v) is 2.57. The van der Waals surface area contributed by atoms with E-state index >= 15 is 0 Å². The van der Waals surface area contributed by atoms with Crippen LogP contribution < -0.4 is 15.8 Å². The standard InChI is InChI=1S/C12H13ClN4O/c1-7-5-8(3-4-9(7)18-2)15-11-6-10(13)16-12(14)17-11/h3-6H,1-2H3,(H3,14,15,16,17). The number of nitrogens with one attached hydrogen (secondary N) is 1. The number of anilines is 3. The van der Waals surface area contributed by atoms with Crippen LogP contribution in [0.1, 0.15) is 5.56 Å². The first-order valence-electron chi connectivity index (χ1n) is 5.30. The number of hydrogen-bond acceptors (Lipinski definition) is 5. The van der Waals surface area contributed by atoms with Gasteiger partial charge in [0.25, 0.3) is 0 Å². The monoisotopic (exact) mass is 264 g/mol. The van der Waals surface area contributed by atoms with Gasteiger partial charge in [0.1, 0.15) is 16.7 Å². The summed E-state index contributed by atoms with van der Waals surface area (Å²) < 4.78 is 5.19. The topological polar surface area (TPSA) is 73.1 Å². The Morgan fingerprint density at radius 1 is 1.28 bits per heavy atom. The molecule has 0 aliphatic rings. The van der Waals surface area contributed by atoms with E-state index in [1.54, 1.807) is 13.2 Å². The second kappa shape index (κ2) is 5.10. The molecule has 3 N–H and O–H groups in total. The highest BCUT2D eigenvalue weighted by Crippen LogP contribution is 2.24. The molecule has 0 saturated carbocycles. The molecule has 0 atom stereocenters. The lowest BCUT2D eigenvalue weighted by atomic mass is 10.2. The van der Waals surface area contributed by atoms with Crippen LogP contribution in [0.5, 0.6) is 5.75 Å². The number of aryl methyl sites for hydroxylation is 1. The molecule has 0 aliphatic carbocycles. The van der Waals surface area contributed by atoms with E-state index in [-0.39, 0.29) is 5.95 Å². The molecule has 1 heterocycles. The molecule has 0 amide bonds. The number of nitrogen functional groups attached to an aromatic ring is 1. The van der Waals surface area contributed by atoms with Gasteiger partial charge in [0.2, 0.25) is 5.95 Å². The Bertz CT molecular complexity index is 554. The van der Waals surface area contributed by atoms with Crippen LogP contribution in [0, 0.1) is 6.92 Å². The van der Waals surface area contributed by atoms with Crippen LogP contribution in [0.15, 0.2) is 24.3 Å². The zero-order valence-corrected chi connectivity index (χ0v) is 10.8. The molecule has 0 saturated heterocycles. The maximum Gasteiger partial charge on any atom is 0.223 e. The van der Waals surface area contributed by atoms with Gasteiger partial charge in [-0.25, -0.2) is 4.98 Å². The summed E-state index contributed by atoms with van der Waals surface area (Å²) in [5.41, 5.74) is 7.42. The maximum absolute atomic E-state index is 5.80. The highest BCUT2D eigenvalue weighted by molar-refractivity contribution is 6.29. The summed E-state index contributed by atoms with van der Waals surface area (Å²) in [7, 11) is 1.64. The highest BCUT2D eigenvalue weighted by Gasteiger charge is 2.03. The molecule has 0 unspecified atom stereocenters. The Morgan fingerprint density at radius 2 is 2.06 bits per heavy atom. The molecular weight excluding hydrogens is 252 g/mol. The van der Waals surface area contributed by atoms with Gasteiger partial charge in [-0.1, -0.05) is 11.6 Å². The van der Waals surface area contributed by atoms with Crippen molar-refractivity contribution in [2.45, 2.75) is 6.92 Å². The van der Waals surface area contributed by atoms with E-state index in [9.17, 15) is 0 Å². The molecule has 0 spiro atoms. The molecule has 0 bridgehead atoms. The third-order valence-electron chi connectivity index (χ3n) is 2.38. The lowest BCUT2D eigenvalue weighted by molar-refractivity contribution is 0.412. The minimum atomic E-state index is 0.134. The number of ether oxygens (including phenoxy) is 1. The van der Waals surface area contributed by atoms with Crippen molar-refractivity contribution in [2.24, 2.45) is 0 Å². The van der Waals surface area contributed by atoms with Crippen LogP contribution in [0.4, 0.5) is 17.5 Å². The van der Waals surface area contributed by atoms with Crippen LogP contribution in [0.2, 0.25) is 5.15 Å². The second-order valence-corrected chi connectivity index (χ2v) is 4.13. The van der Waals surface area contributed by atoms with E-state index in [1.165, 1.54) is 0 Å². The molecular formula is C12H13ClN4O. The molecule has 0 radical (unpaired) electrons. The minimum absolute atomic E-state index is 0.134. The molecule has 94 valence electrons. The Kier molecular flexibility index (Phi) is 3.53. The summed E-state index contributed by atoms with van der Waals surface area (Å²) in [6, 6.07) is 7.32. The van der Waals surface area contributed by atoms with Crippen LogP contribution in [0.3, 0.4) is 0 Å². The lowest BCUT2D eigenvalue weighted by Gasteiger charge is -2.09. The third kappa shape index (κ3) is 2.81. The fraction of sp³-hybridized carbons (Fsp3) is 0.167. The highest BCUT2D eigenvalue weighted by atomic mass is 35.5.